The van der Waals surface area contributed by atoms with E-state index in [1.165, 1.54) is 6.20 Å². The van der Waals surface area contributed by atoms with Gasteiger partial charge in [-0.2, -0.15) is 0 Å². The molecule has 2 saturated carbocycles. The number of hydrogen-bond donors (Lipinski definition) is 5. The number of aliphatic hydroxyl groups is 2. The average Bonchev–Trinajstić information content (AvgIpc) is 3.32. The lowest BCUT2D eigenvalue weighted by atomic mass is 9.53. The maximum absolute atomic E-state index is 15.9. The SMILES string of the molecule is CC1(C)CCC2(CC1)N[C@@H](C(=O)NC1CC(CO)C1)[C@H](c1ccnc(Cl)c1F)[C@@]21c2ccc(Cl)cc2NC1O. The fourth-order valence-electron chi connectivity index (χ4n) is 7.84. The molecule has 3 fully saturated rings. The van der Waals surface area contributed by atoms with Gasteiger partial charge in [0, 0.05) is 41.0 Å². The van der Waals surface area contributed by atoms with Gasteiger partial charge in [0.25, 0.3) is 0 Å². The zero-order chi connectivity index (χ0) is 27.7. The number of amides is 1. The van der Waals surface area contributed by atoms with Crippen LogP contribution < -0.4 is 16.0 Å². The number of aliphatic hydroxyl groups excluding tert-OH is 2. The molecule has 1 unspecified atom stereocenters. The number of hydrogen-bond acceptors (Lipinski definition) is 6. The summed E-state index contributed by atoms with van der Waals surface area (Å²) in [6, 6.07) is 6.14. The van der Waals surface area contributed by atoms with Crippen molar-refractivity contribution in [1.29, 1.82) is 0 Å². The van der Waals surface area contributed by atoms with Crippen LogP contribution in [-0.2, 0) is 10.2 Å². The van der Waals surface area contributed by atoms with Crippen molar-refractivity contribution in [3.05, 3.63) is 57.6 Å². The molecule has 0 radical (unpaired) electrons. The second kappa shape index (κ2) is 9.55. The summed E-state index contributed by atoms with van der Waals surface area (Å²) in [4.78, 5) is 18.0. The topological polar surface area (TPSA) is 107 Å². The highest BCUT2D eigenvalue weighted by Gasteiger charge is 2.72. The van der Waals surface area contributed by atoms with Crippen LogP contribution in [-0.4, -0.2) is 51.6 Å². The van der Waals surface area contributed by atoms with Crippen molar-refractivity contribution < 1.29 is 19.4 Å². The Bertz CT molecular complexity index is 1290. The molecule has 1 amide bonds. The Balaban J connectivity index is 1.54. The maximum Gasteiger partial charge on any atom is 0.238 e. The number of carbonyl (C=O) groups is 1. The zero-order valence-corrected chi connectivity index (χ0v) is 23.6. The Hall–Kier alpha value is -1.97. The summed E-state index contributed by atoms with van der Waals surface area (Å²) in [6.07, 6.45) is 4.87. The Labute approximate surface area is 237 Å². The molecular formula is C29H35Cl2FN4O3. The molecule has 6 rings (SSSR count). The first-order valence-corrected chi connectivity index (χ1v) is 14.5. The molecule has 5 N–H and O–H groups in total. The number of benzene rings is 1. The number of pyridine rings is 1. The third-order valence-electron chi connectivity index (χ3n) is 9.99. The highest BCUT2D eigenvalue weighted by Crippen LogP contribution is 2.65. The van der Waals surface area contributed by atoms with E-state index in [2.05, 4.69) is 34.8 Å². The second-order valence-corrected chi connectivity index (χ2v) is 13.5. The molecule has 2 aromatic rings. The second-order valence-electron chi connectivity index (χ2n) is 12.7. The molecule has 39 heavy (non-hydrogen) atoms. The lowest BCUT2D eigenvalue weighted by Crippen LogP contribution is -2.63. The molecule has 1 saturated heterocycles. The predicted octanol–water partition coefficient (Wildman–Crippen LogP) is 4.49. The summed E-state index contributed by atoms with van der Waals surface area (Å²) < 4.78 is 15.9. The van der Waals surface area contributed by atoms with Crippen LogP contribution in [0.15, 0.2) is 30.5 Å². The highest BCUT2D eigenvalue weighted by molar-refractivity contribution is 6.31. The third-order valence-corrected chi connectivity index (χ3v) is 10.5. The van der Waals surface area contributed by atoms with Crippen molar-refractivity contribution in [2.45, 2.75) is 87.6 Å². The molecule has 4 aliphatic rings. The number of anilines is 1. The molecule has 3 heterocycles. The highest BCUT2D eigenvalue weighted by atomic mass is 35.5. The van der Waals surface area contributed by atoms with Crippen LogP contribution in [0, 0.1) is 17.2 Å². The molecule has 1 aromatic heterocycles. The number of aromatic nitrogens is 1. The van der Waals surface area contributed by atoms with E-state index in [4.69, 9.17) is 23.2 Å². The van der Waals surface area contributed by atoms with Gasteiger partial charge in [0.15, 0.2) is 11.0 Å². The first kappa shape index (κ1) is 27.2. The molecular weight excluding hydrogens is 542 g/mol. The van der Waals surface area contributed by atoms with Gasteiger partial charge in [0.1, 0.15) is 6.23 Å². The minimum atomic E-state index is -1.11. The maximum atomic E-state index is 15.9. The quantitative estimate of drug-likeness (QED) is 0.343. The van der Waals surface area contributed by atoms with Crippen molar-refractivity contribution in [3.8, 4) is 0 Å². The van der Waals surface area contributed by atoms with Crippen LogP contribution in [0.1, 0.15) is 69.4 Å². The molecule has 4 atom stereocenters. The minimum absolute atomic E-state index is 0.0570. The Morgan fingerprint density at radius 1 is 1.18 bits per heavy atom. The summed E-state index contributed by atoms with van der Waals surface area (Å²) >= 11 is 12.6. The zero-order valence-electron chi connectivity index (χ0n) is 22.1. The van der Waals surface area contributed by atoms with Crippen LogP contribution in [0.4, 0.5) is 10.1 Å². The van der Waals surface area contributed by atoms with Crippen LogP contribution in [0.25, 0.3) is 0 Å². The van der Waals surface area contributed by atoms with Gasteiger partial charge in [0.2, 0.25) is 5.91 Å². The van der Waals surface area contributed by atoms with Crippen molar-refractivity contribution >= 4 is 34.8 Å². The summed E-state index contributed by atoms with van der Waals surface area (Å²) in [5.74, 6) is -1.55. The van der Waals surface area contributed by atoms with E-state index >= 15 is 4.39 Å². The first-order valence-electron chi connectivity index (χ1n) is 13.7. The molecule has 2 aliphatic heterocycles. The van der Waals surface area contributed by atoms with E-state index in [1.54, 1.807) is 18.2 Å². The number of nitrogens with zero attached hydrogens (tertiary/aromatic N) is 1. The van der Waals surface area contributed by atoms with Gasteiger partial charge in [-0.15, -0.1) is 0 Å². The van der Waals surface area contributed by atoms with E-state index in [0.717, 1.165) is 18.4 Å². The van der Waals surface area contributed by atoms with E-state index in [0.29, 0.717) is 36.4 Å². The van der Waals surface area contributed by atoms with E-state index in [-0.39, 0.29) is 40.6 Å². The number of halogens is 3. The predicted molar refractivity (Wildman–Crippen MR) is 148 cm³/mol. The third kappa shape index (κ3) is 4.09. The summed E-state index contributed by atoms with van der Waals surface area (Å²) in [5.41, 5.74) is 0.0242. The molecule has 7 nitrogen and oxygen atoms in total. The smallest absolute Gasteiger partial charge is 0.238 e. The number of rotatable bonds is 4. The Morgan fingerprint density at radius 2 is 1.90 bits per heavy atom. The van der Waals surface area contributed by atoms with Crippen molar-refractivity contribution in [2.75, 3.05) is 11.9 Å². The van der Waals surface area contributed by atoms with Crippen molar-refractivity contribution in [2.24, 2.45) is 11.3 Å². The molecule has 2 aliphatic carbocycles. The number of nitrogens with one attached hydrogen (secondary N) is 3. The summed E-state index contributed by atoms with van der Waals surface area (Å²) in [5, 5.41) is 31.8. The fourth-order valence-corrected chi connectivity index (χ4v) is 8.18. The standard InChI is InChI=1S/C29H35Cl2FN4O3/c1-27(2)6-8-28(9-7-27)29(19-4-3-16(30)13-20(19)35-26(29)39)21(18-5-10-33-24(31)22(18)32)23(36-28)25(38)34-17-11-15(12-17)14-37/h3-5,10,13,15,17,21,23,26,35-37,39H,6-9,11-12,14H2,1-2H3,(H,34,38)/t15?,17?,21-,23+,26?,29+/m0/s1. The Kier molecular flexibility index (Phi) is 6.67. The van der Waals surface area contributed by atoms with Crippen molar-refractivity contribution in [1.82, 2.24) is 15.6 Å². The van der Waals surface area contributed by atoms with Crippen molar-refractivity contribution in [3.63, 3.8) is 0 Å². The fraction of sp³-hybridized carbons (Fsp3) is 0.586. The monoisotopic (exact) mass is 576 g/mol. The van der Waals surface area contributed by atoms with Gasteiger partial charge < -0.3 is 20.8 Å². The molecule has 210 valence electrons. The molecule has 0 bridgehead atoms. The van der Waals surface area contributed by atoms with Gasteiger partial charge in [-0.25, -0.2) is 9.37 Å². The lowest BCUT2D eigenvalue weighted by Gasteiger charge is -2.52. The summed E-state index contributed by atoms with van der Waals surface area (Å²) in [7, 11) is 0. The first-order chi connectivity index (χ1) is 18.5. The normalized spacial score (nSPS) is 34.0. The lowest BCUT2D eigenvalue weighted by molar-refractivity contribution is -0.125. The Morgan fingerprint density at radius 3 is 2.59 bits per heavy atom. The number of fused-ring (bicyclic) bond motifs is 3. The van der Waals surface area contributed by atoms with Gasteiger partial charge in [-0.05, 0) is 79.2 Å². The van der Waals surface area contributed by atoms with Gasteiger partial charge in [0.05, 0.1) is 11.5 Å². The van der Waals surface area contributed by atoms with Gasteiger partial charge in [-0.3, -0.25) is 10.1 Å². The van der Waals surface area contributed by atoms with Crippen LogP contribution >= 0.6 is 23.2 Å². The van der Waals surface area contributed by atoms with E-state index in [9.17, 15) is 15.0 Å². The van der Waals surface area contributed by atoms with Crippen LogP contribution in [0.2, 0.25) is 10.2 Å². The van der Waals surface area contributed by atoms with E-state index in [1.807, 2.05) is 6.07 Å². The van der Waals surface area contributed by atoms with Gasteiger partial charge >= 0.3 is 0 Å². The van der Waals surface area contributed by atoms with Crippen LogP contribution in [0.3, 0.4) is 0 Å². The van der Waals surface area contributed by atoms with E-state index < -0.39 is 35.0 Å². The van der Waals surface area contributed by atoms with Crippen LogP contribution in [0.5, 0.6) is 0 Å². The average molecular weight is 578 g/mol. The molecule has 2 spiro atoms. The van der Waals surface area contributed by atoms with Gasteiger partial charge in [-0.1, -0.05) is 43.1 Å². The molecule has 1 aromatic carbocycles. The minimum Gasteiger partial charge on any atom is -0.396 e. The largest absolute Gasteiger partial charge is 0.396 e. The molecule has 10 heteroatoms. The number of carbonyl (C=O) groups excluding carboxylic acids is 1. The summed E-state index contributed by atoms with van der Waals surface area (Å²) in [6.45, 7) is 4.56.